The van der Waals surface area contributed by atoms with Gasteiger partial charge in [-0.2, -0.15) is 0 Å². The first-order valence-corrected chi connectivity index (χ1v) is 9.45. The van der Waals surface area contributed by atoms with Crippen LogP contribution in [0, 0.1) is 17.3 Å². The zero-order chi connectivity index (χ0) is 18.9. The van der Waals surface area contributed by atoms with Crippen LogP contribution < -0.4 is 5.32 Å². The van der Waals surface area contributed by atoms with Crippen molar-refractivity contribution in [2.75, 3.05) is 13.1 Å². The minimum atomic E-state index is -0.0656. The van der Waals surface area contributed by atoms with Gasteiger partial charge in [0.2, 0.25) is 5.91 Å². The third-order valence-electron chi connectivity index (χ3n) is 5.77. The summed E-state index contributed by atoms with van der Waals surface area (Å²) in [4.78, 5) is 31.1. The third kappa shape index (κ3) is 3.81. The number of nitrogens with one attached hydrogen (secondary N) is 1. The molecule has 140 valence electrons. The number of hydrogen-bond donors (Lipinski definition) is 1. The van der Waals surface area contributed by atoms with Crippen LogP contribution in [0.1, 0.15) is 50.9 Å². The Balaban J connectivity index is 1.52. The van der Waals surface area contributed by atoms with Gasteiger partial charge in [0.1, 0.15) is 0 Å². The molecule has 0 spiro atoms. The second-order valence-electron chi connectivity index (χ2n) is 8.38. The summed E-state index contributed by atoms with van der Waals surface area (Å²) in [7, 11) is 0. The largest absolute Gasteiger partial charge is 0.349 e. The fraction of sp³-hybridized carbons (Fsp3) is 0.571. The van der Waals surface area contributed by atoms with Crippen molar-refractivity contribution in [3.05, 3.63) is 41.7 Å². The van der Waals surface area contributed by atoms with E-state index in [0.717, 1.165) is 12.8 Å². The van der Waals surface area contributed by atoms with Gasteiger partial charge in [0.05, 0.1) is 5.92 Å². The second kappa shape index (κ2) is 7.22. The maximum atomic E-state index is 12.9. The molecule has 2 atom stereocenters. The average Bonchev–Trinajstić information content (AvgIpc) is 3.15. The predicted octanol–water partition coefficient (Wildman–Crippen LogP) is 3.04. The molecule has 26 heavy (non-hydrogen) atoms. The number of nitrogens with zero attached hydrogens (tertiary/aromatic N) is 2. The number of piperidine rings is 1. The molecule has 2 fully saturated rings. The van der Waals surface area contributed by atoms with Gasteiger partial charge in [-0.1, -0.05) is 25.5 Å². The first kappa shape index (κ1) is 18.6. The maximum absolute atomic E-state index is 12.9. The number of hydrogen-bond acceptors (Lipinski definition) is 3. The van der Waals surface area contributed by atoms with Gasteiger partial charge >= 0.3 is 0 Å². The van der Waals surface area contributed by atoms with Gasteiger partial charge in [0.15, 0.2) is 0 Å². The van der Waals surface area contributed by atoms with E-state index in [-0.39, 0.29) is 29.2 Å². The molecule has 5 heteroatoms. The molecule has 0 bridgehead atoms. The lowest BCUT2D eigenvalue weighted by molar-refractivity contribution is -0.134. The lowest BCUT2D eigenvalue weighted by Crippen LogP contribution is -2.47. The number of carbonyl (C=O) groups excluding carboxylic acids is 2. The topological polar surface area (TPSA) is 62.3 Å². The van der Waals surface area contributed by atoms with Crippen LogP contribution in [0.5, 0.6) is 0 Å². The Labute approximate surface area is 155 Å². The smallest absolute Gasteiger partial charge is 0.251 e. The van der Waals surface area contributed by atoms with Gasteiger partial charge in [-0.25, -0.2) is 0 Å². The highest BCUT2D eigenvalue weighted by molar-refractivity contribution is 5.94. The van der Waals surface area contributed by atoms with Gasteiger partial charge < -0.3 is 10.2 Å². The minimum absolute atomic E-state index is 0.0563. The molecular formula is C21H29N3O2. The first-order valence-electron chi connectivity index (χ1n) is 9.45. The van der Waals surface area contributed by atoms with Crippen LogP contribution in [-0.2, 0) is 4.79 Å². The fourth-order valence-corrected chi connectivity index (χ4v) is 4.03. The molecule has 2 heterocycles. The van der Waals surface area contributed by atoms with Gasteiger partial charge in [0.25, 0.3) is 5.91 Å². The Kier molecular flexibility index (Phi) is 5.17. The molecule has 3 rings (SSSR count). The van der Waals surface area contributed by atoms with Crippen molar-refractivity contribution in [3.8, 4) is 0 Å². The summed E-state index contributed by atoms with van der Waals surface area (Å²) in [6.45, 7) is 9.98. The first-order chi connectivity index (χ1) is 12.3. The summed E-state index contributed by atoms with van der Waals surface area (Å²) in [5.41, 5.74) is 1.96. The number of allylic oxidation sites excluding steroid dienone is 2. The quantitative estimate of drug-likeness (QED) is 0.845. The normalized spacial score (nSPS) is 24.7. The highest BCUT2D eigenvalue weighted by Gasteiger charge is 2.61. The molecule has 1 aliphatic heterocycles. The van der Waals surface area contributed by atoms with Gasteiger partial charge in [-0.05, 0) is 50.2 Å². The molecule has 2 aliphatic rings. The highest BCUT2D eigenvalue weighted by atomic mass is 16.2. The molecule has 0 unspecified atom stereocenters. The van der Waals surface area contributed by atoms with Crippen molar-refractivity contribution in [2.24, 2.45) is 17.3 Å². The summed E-state index contributed by atoms with van der Waals surface area (Å²) in [5, 5.41) is 3.08. The SMILES string of the molecule is CC(C)=C[C@@H]1[C@@H](C(=O)N2CCC(NC(=O)c3ccncc3)CC2)C1(C)C. The predicted molar refractivity (Wildman–Crippen MR) is 101 cm³/mol. The minimum Gasteiger partial charge on any atom is -0.349 e. The van der Waals surface area contributed by atoms with Gasteiger partial charge in [-0.15, -0.1) is 0 Å². The Bertz CT molecular complexity index is 699. The van der Waals surface area contributed by atoms with E-state index < -0.39 is 0 Å². The molecule has 2 amide bonds. The van der Waals surface area contributed by atoms with Gasteiger partial charge in [0, 0.05) is 37.1 Å². The van der Waals surface area contributed by atoms with Crippen molar-refractivity contribution in [3.63, 3.8) is 0 Å². The summed E-state index contributed by atoms with van der Waals surface area (Å²) < 4.78 is 0. The Morgan fingerprint density at radius 1 is 1.19 bits per heavy atom. The fourth-order valence-electron chi connectivity index (χ4n) is 4.03. The zero-order valence-electron chi connectivity index (χ0n) is 16.2. The molecule has 1 aromatic heterocycles. The molecule has 1 saturated carbocycles. The van der Waals surface area contributed by atoms with Crippen LogP contribution in [0.2, 0.25) is 0 Å². The summed E-state index contributed by atoms with van der Waals surface area (Å²) in [6.07, 6.45) is 7.10. The standard InChI is InChI=1S/C21H29N3O2/c1-14(2)13-17-18(21(17,3)4)20(26)24-11-7-16(8-12-24)23-19(25)15-5-9-22-10-6-15/h5-6,9-10,13,16-18H,7-8,11-12H2,1-4H3,(H,23,25)/t17-,18+/m1/s1. The summed E-state index contributed by atoms with van der Waals surface area (Å²) in [5.74, 6) is 0.657. The average molecular weight is 355 g/mol. The molecular weight excluding hydrogens is 326 g/mol. The van der Waals surface area contributed by atoms with Crippen molar-refractivity contribution in [1.29, 1.82) is 0 Å². The van der Waals surface area contributed by atoms with Gasteiger partial charge in [-0.3, -0.25) is 14.6 Å². The van der Waals surface area contributed by atoms with E-state index in [2.05, 4.69) is 44.1 Å². The van der Waals surface area contributed by atoms with E-state index in [4.69, 9.17) is 0 Å². The van der Waals surface area contributed by atoms with Crippen molar-refractivity contribution in [1.82, 2.24) is 15.2 Å². The van der Waals surface area contributed by atoms with Crippen LogP contribution in [-0.4, -0.2) is 40.8 Å². The Hall–Kier alpha value is -2.17. The molecule has 1 N–H and O–H groups in total. The lowest BCUT2D eigenvalue weighted by atomic mass is 10.0. The van der Waals surface area contributed by atoms with E-state index >= 15 is 0 Å². The number of carbonyl (C=O) groups is 2. The van der Waals surface area contributed by atoms with Crippen LogP contribution in [0.3, 0.4) is 0 Å². The van der Waals surface area contributed by atoms with Crippen LogP contribution in [0.4, 0.5) is 0 Å². The number of aromatic nitrogens is 1. The third-order valence-corrected chi connectivity index (χ3v) is 5.77. The van der Waals surface area contributed by atoms with Crippen LogP contribution >= 0.6 is 0 Å². The maximum Gasteiger partial charge on any atom is 0.251 e. The van der Waals surface area contributed by atoms with Crippen molar-refractivity contribution in [2.45, 2.75) is 46.6 Å². The van der Waals surface area contributed by atoms with Crippen LogP contribution in [0.15, 0.2) is 36.2 Å². The molecule has 5 nitrogen and oxygen atoms in total. The zero-order valence-corrected chi connectivity index (χ0v) is 16.2. The van der Waals surface area contributed by atoms with Crippen molar-refractivity contribution >= 4 is 11.8 Å². The summed E-state index contributed by atoms with van der Waals surface area (Å²) in [6, 6.07) is 3.56. The Morgan fingerprint density at radius 2 is 1.81 bits per heavy atom. The summed E-state index contributed by atoms with van der Waals surface area (Å²) >= 11 is 0. The monoisotopic (exact) mass is 355 g/mol. The molecule has 0 radical (unpaired) electrons. The molecule has 1 aromatic rings. The number of likely N-dealkylation sites (tertiary alicyclic amines) is 1. The van der Waals surface area contributed by atoms with E-state index in [0.29, 0.717) is 24.6 Å². The molecule has 1 saturated heterocycles. The number of rotatable bonds is 4. The molecule has 0 aromatic carbocycles. The van der Waals surface area contributed by atoms with E-state index in [1.54, 1.807) is 24.5 Å². The van der Waals surface area contributed by atoms with E-state index in [9.17, 15) is 9.59 Å². The Morgan fingerprint density at radius 3 is 2.38 bits per heavy atom. The molecule has 1 aliphatic carbocycles. The second-order valence-corrected chi connectivity index (χ2v) is 8.38. The van der Waals surface area contributed by atoms with Crippen molar-refractivity contribution < 1.29 is 9.59 Å². The van der Waals surface area contributed by atoms with E-state index in [1.165, 1.54) is 5.57 Å². The van der Waals surface area contributed by atoms with E-state index in [1.807, 2.05) is 4.90 Å². The number of pyridine rings is 1. The highest BCUT2D eigenvalue weighted by Crippen LogP contribution is 2.60. The van der Waals surface area contributed by atoms with Crippen LogP contribution in [0.25, 0.3) is 0 Å². The lowest BCUT2D eigenvalue weighted by Gasteiger charge is -2.33. The number of amides is 2.